The fourth-order valence-corrected chi connectivity index (χ4v) is 5.92. The first-order valence-corrected chi connectivity index (χ1v) is 10.6. The molecular formula is C21H39N3. The highest BCUT2D eigenvalue weighted by atomic mass is 15.3. The first-order chi connectivity index (χ1) is 11.3. The third-order valence-corrected chi connectivity index (χ3v) is 7.73. The molecule has 138 valence electrons. The highest BCUT2D eigenvalue weighted by molar-refractivity contribution is 5.03. The second kappa shape index (κ2) is 6.25. The monoisotopic (exact) mass is 333 g/mol. The van der Waals surface area contributed by atoms with Crippen molar-refractivity contribution in [3.8, 4) is 0 Å². The van der Waals surface area contributed by atoms with Crippen LogP contribution in [-0.2, 0) is 0 Å². The van der Waals surface area contributed by atoms with Gasteiger partial charge in [-0.05, 0) is 96.8 Å². The van der Waals surface area contributed by atoms with Gasteiger partial charge in [-0.15, -0.1) is 0 Å². The van der Waals surface area contributed by atoms with E-state index in [1.807, 2.05) is 0 Å². The third kappa shape index (κ3) is 3.29. The molecule has 0 unspecified atom stereocenters. The molecule has 4 rings (SSSR count). The Balaban J connectivity index is 1.20. The van der Waals surface area contributed by atoms with E-state index < -0.39 is 0 Å². The minimum absolute atomic E-state index is 0.362. The summed E-state index contributed by atoms with van der Waals surface area (Å²) in [7, 11) is 0. The Morgan fingerprint density at radius 1 is 0.792 bits per heavy atom. The van der Waals surface area contributed by atoms with Crippen LogP contribution in [0.15, 0.2) is 0 Å². The van der Waals surface area contributed by atoms with E-state index in [-0.39, 0.29) is 0 Å². The van der Waals surface area contributed by atoms with Crippen molar-refractivity contribution in [1.82, 2.24) is 14.7 Å². The average molecular weight is 334 g/mol. The van der Waals surface area contributed by atoms with Crippen molar-refractivity contribution in [3.63, 3.8) is 0 Å². The maximum absolute atomic E-state index is 2.85. The van der Waals surface area contributed by atoms with E-state index in [1.54, 1.807) is 0 Å². The van der Waals surface area contributed by atoms with Crippen molar-refractivity contribution in [1.29, 1.82) is 0 Å². The molecule has 4 aliphatic rings. The van der Waals surface area contributed by atoms with Crippen LogP contribution in [0, 0.1) is 11.3 Å². The molecule has 0 amide bonds. The van der Waals surface area contributed by atoms with E-state index in [4.69, 9.17) is 0 Å². The van der Waals surface area contributed by atoms with Crippen LogP contribution in [0.5, 0.6) is 0 Å². The first kappa shape index (κ1) is 17.3. The van der Waals surface area contributed by atoms with Gasteiger partial charge in [0.2, 0.25) is 0 Å². The van der Waals surface area contributed by atoms with E-state index in [0.717, 1.165) is 23.4 Å². The summed E-state index contributed by atoms with van der Waals surface area (Å²) < 4.78 is 0. The summed E-state index contributed by atoms with van der Waals surface area (Å²) in [5.74, 6) is 0.952. The number of likely N-dealkylation sites (tertiary alicyclic amines) is 3. The zero-order valence-corrected chi connectivity index (χ0v) is 16.6. The fourth-order valence-electron chi connectivity index (χ4n) is 5.92. The second-order valence-electron chi connectivity index (χ2n) is 10.5. The predicted molar refractivity (Wildman–Crippen MR) is 101 cm³/mol. The summed E-state index contributed by atoms with van der Waals surface area (Å²) in [5.41, 5.74) is 1.08. The van der Waals surface area contributed by atoms with Gasteiger partial charge in [-0.3, -0.25) is 9.80 Å². The molecule has 0 radical (unpaired) electrons. The normalized spacial score (nSPS) is 32.0. The predicted octanol–water partition coefficient (Wildman–Crippen LogP) is 3.45. The number of piperidine rings is 2. The molecule has 3 heteroatoms. The van der Waals surface area contributed by atoms with Crippen molar-refractivity contribution in [3.05, 3.63) is 0 Å². The lowest BCUT2D eigenvalue weighted by Crippen LogP contribution is -2.60. The van der Waals surface area contributed by atoms with Crippen molar-refractivity contribution in [2.75, 3.05) is 39.3 Å². The van der Waals surface area contributed by atoms with Crippen LogP contribution >= 0.6 is 0 Å². The zero-order chi connectivity index (χ0) is 16.9. The standard InChI is InChI=1S/C21H39N3/c1-17-15-23(16-17)18-5-9-22(10-6-18)19-13-21(14-19)7-11-24(12-8-21)20(2,3)4/h17-19H,5-16H2,1-4H3. The molecule has 0 N–H and O–H groups in total. The maximum atomic E-state index is 2.85. The molecule has 4 fully saturated rings. The van der Waals surface area contributed by atoms with E-state index in [2.05, 4.69) is 42.4 Å². The Kier molecular flexibility index (Phi) is 4.50. The van der Waals surface area contributed by atoms with Crippen LogP contribution in [0.1, 0.15) is 66.2 Å². The van der Waals surface area contributed by atoms with Crippen LogP contribution in [-0.4, -0.2) is 71.6 Å². The van der Waals surface area contributed by atoms with Crippen LogP contribution in [0.3, 0.4) is 0 Å². The van der Waals surface area contributed by atoms with Gasteiger partial charge >= 0.3 is 0 Å². The van der Waals surface area contributed by atoms with Gasteiger partial charge in [0.25, 0.3) is 0 Å². The molecule has 3 nitrogen and oxygen atoms in total. The molecule has 0 bridgehead atoms. The molecule has 0 aromatic heterocycles. The minimum atomic E-state index is 0.362. The molecule has 1 saturated carbocycles. The molecule has 3 heterocycles. The molecule has 3 aliphatic heterocycles. The molecule has 1 spiro atoms. The molecular weight excluding hydrogens is 294 g/mol. The topological polar surface area (TPSA) is 9.72 Å². The first-order valence-electron chi connectivity index (χ1n) is 10.6. The summed E-state index contributed by atoms with van der Waals surface area (Å²) in [6.45, 7) is 17.6. The summed E-state index contributed by atoms with van der Waals surface area (Å²) >= 11 is 0. The third-order valence-electron chi connectivity index (χ3n) is 7.73. The number of hydrogen-bond acceptors (Lipinski definition) is 3. The van der Waals surface area contributed by atoms with Gasteiger partial charge in [0, 0.05) is 30.7 Å². The largest absolute Gasteiger partial charge is 0.300 e. The second-order valence-corrected chi connectivity index (χ2v) is 10.5. The molecule has 0 aromatic rings. The molecule has 24 heavy (non-hydrogen) atoms. The Hall–Kier alpha value is -0.120. The lowest BCUT2D eigenvalue weighted by molar-refractivity contribution is -0.0710. The van der Waals surface area contributed by atoms with Crippen LogP contribution in [0.2, 0.25) is 0 Å². The smallest absolute Gasteiger partial charge is 0.0125 e. The van der Waals surface area contributed by atoms with Crippen molar-refractivity contribution in [2.45, 2.75) is 83.8 Å². The van der Waals surface area contributed by atoms with Gasteiger partial charge in [-0.2, -0.15) is 0 Å². The maximum Gasteiger partial charge on any atom is 0.0125 e. The van der Waals surface area contributed by atoms with Crippen LogP contribution in [0.4, 0.5) is 0 Å². The lowest BCUT2D eigenvalue weighted by atomic mass is 9.59. The number of hydrogen-bond donors (Lipinski definition) is 0. The van der Waals surface area contributed by atoms with E-state index in [0.29, 0.717) is 5.54 Å². The quantitative estimate of drug-likeness (QED) is 0.766. The molecule has 0 aromatic carbocycles. The Bertz CT molecular complexity index is 424. The van der Waals surface area contributed by atoms with Crippen LogP contribution < -0.4 is 0 Å². The van der Waals surface area contributed by atoms with Gasteiger partial charge < -0.3 is 4.90 Å². The van der Waals surface area contributed by atoms with Gasteiger partial charge in [-0.25, -0.2) is 0 Å². The van der Waals surface area contributed by atoms with Crippen molar-refractivity contribution < 1.29 is 0 Å². The highest BCUT2D eigenvalue weighted by Crippen LogP contribution is 2.52. The summed E-state index contributed by atoms with van der Waals surface area (Å²) in [6, 6.07) is 1.82. The zero-order valence-electron chi connectivity index (χ0n) is 16.6. The average Bonchev–Trinajstić information content (AvgIpc) is 2.49. The highest BCUT2D eigenvalue weighted by Gasteiger charge is 2.49. The molecule has 3 saturated heterocycles. The van der Waals surface area contributed by atoms with Gasteiger partial charge in [0.05, 0.1) is 0 Å². The molecule has 0 atom stereocenters. The van der Waals surface area contributed by atoms with Crippen molar-refractivity contribution in [2.24, 2.45) is 11.3 Å². The number of rotatable bonds is 2. The van der Waals surface area contributed by atoms with E-state index in [1.165, 1.54) is 77.8 Å². The van der Waals surface area contributed by atoms with Crippen LogP contribution in [0.25, 0.3) is 0 Å². The summed E-state index contributed by atoms with van der Waals surface area (Å²) in [6.07, 6.45) is 8.74. The Morgan fingerprint density at radius 3 is 1.88 bits per heavy atom. The van der Waals surface area contributed by atoms with E-state index >= 15 is 0 Å². The van der Waals surface area contributed by atoms with Gasteiger partial charge in [0.1, 0.15) is 0 Å². The SMILES string of the molecule is CC1CN(C2CCN(C3CC4(CCN(C(C)(C)C)CC4)C3)CC2)C1. The fraction of sp³-hybridized carbons (Fsp3) is 1.00. The van der Waals surface area contributed by atoms with E-state index in [9.17, 15) is 0 Å². The molecule has 1 aliphatic carbocycles. The summed E-state index contributed by atoms with van der Waals surface area (Å²) in [5, 5.41) is 0. The number of nitrogens with zero attached hydrogens (tertiary/aromatic N) is 3. The Labute approximate surface area is 149 Å². The lowest BCUT2D eigenvalue weighted by Gasteiger charge is -2.58. The van der Waals surface area contributed by atoms with Crippen molar-refractivity contribution >= 4 is 0 Å². The van der Waals surface area contributed by atoms with Gasteiger partial charge in [-0.1, -0.05) is 6.92 Å². The van der Waals surface area contributed by atoms with Gasteiger partial charge in [0.15, 0.2) is 0 Å². The Morgan fingerprint density at radius 2 is 1.38 bits per heavy atom. The summed E-state index contributed by atoms with van der Waals surface area (Å²) in [4.78, 5) is 8.29. The minimum Gasteiger partial charge on any atom is -0.300 e.